The van der Waals surface area contributed by atoms with Crippen molar-refractivity contribution in [1.29, 1.82) is 0 Å². The van der Waals surface area contributed by atoms with Crippen molar-refractivity contribution in [3.05, 3.63) is 53.1 Å². The first-order chi connectivity index (χ1) is 11.8. The monoisotopic (exact) mass is 377 g/mol. The number of benzene rings is 2. The smallest absolute Gasteiger partial charge is 0.259 e. The van der Waals surface area contributed by atoms with Crippen LogP contribution >= 0.6 is 12.4 Å². The number of hydrogen-bond acceptors (Lipinski definition) is 4. The fraction of sp³-hybridized carbons (Fsp3) is 0.263. The van der Waals surface area contributed by atoms with Gasteiger partial charge >= 0.3 is 0 Å². The van der Waals surface area contributed by atoms with E-state index in [-0.39, 0.29) is 30.8 Å². The van der Waals surface area contributed by atoms with E-state index in [4.69, 9.17) is 10.5 Å². The topological polar surface area (TPSA) is 84.7 Å². The molecule has 6 nitrogen and oxygen atoms in total. The fourth-order valence-corrected chi connectivity index (χ4v) is 2.19. The highest BCUT2D eigenvalue weighted by atomic mass is 35.5. The molecule has 0 aliphatic heterocycles. The van der Waals surface area contributed by atoms with Crippen molar-refractivity contribution in [1.82, 2.24) is 4.90 Å². The molecule has 0 spiro atoms. The third-order valence-corrected chi connectivity index (χ3v) is 3.74. The minimum absolute atomic E-state index is 0. The van der Waals surface area contributed by atoms with Crippen LogP contribution in [-0.4, -0.2) is 37.4 Å². The Bertz CT molecular complexity index is 807. The van der Waals surface area contributed by atoms with Crippen LogP contribution in [0.1, 0.15) is 21.5 Å². The van der Waals surface area contributed by atoms with Gasteiger partial charge in [0, 0.05) is 25.3 Å². The number of anilines is 2. The van der Waals surface area contributed by atoms with Crippen LogP contribution in [0.3, 0.4) is 0 Å². The van der Waals surface area contributed by atoms with Gasteiger partial charge in [-0.3, -0.25) is 9.59 Å². The molecule has 2 aromatic carbocycles. The van der Waals surface area contributed by atoms with E-state index in [0.29, 0.717) is 22.7 Å². The second kappa shape index (κ2) is 9.10. The van der Waals surface area contributed by atoms with Crippen molar-refractivity contribution >= 4 is 35.6 Å². The number of nitrogen functional groups attached to an aromatic ring is 1. The number of nitrogens with two attached hydrogens (primary N) is 1. The van der Waals surface area contributed by atoms with Gasteiger partial charge in [-0.15, -0.1) is 12.4 Å². The van der Waals surface area contributed by atoms with Crippen LogP contribution in [0.4, 0.5) is 11.4 Å². The maximum absolute atomic E-state index is 12.6. The van der Waals surface area contributed by atoms with Gasteiger partial charge in [-0.1, -0.05) is 12.1 Å². The summed E-state index contributed by atoms with van der Waals surface area (Å²) >= 11 is 0. The van der Waals surface area contributed by atoms with Gasteiger partial charge in [0.25, 0.3) is 11.8 Å². The molecular formula is C19H24ClN3O3. The Morgan fingerprint density at radius 2 is 1.81 bits per heavy atom. The van der Waals surface area contributed by atoms with Crippen LogP contribution in [0.15, 0.2) is 36.4 Å². The van der Waals surface area contributed by atoms with E-state index in [9.17, 15) is 9.59 Å². The van der Waals surface area contributed by atoms with Crippen molar-refractivity contribution in [2.75, 3.05) is 31.8 Å². The van der Waals surface area contributed by atoms with Gasteiger partial charge in [0.05, 0.1) is 5.69 Å². The number of ether oxygens (including phenoxy) is 1. The Hall–Kier alpha value is -2.73. The quantitative estimate of drug-likeness (QED) is 0.784. The molecule has 0 radical (unpaired) electrons. The van der Waals surface area contributed by atoms with Crippen LogP contribution in [0.25, 0.3) is 0 Å². The summed E-state index contributed by atoms with van der Waals surface area (Å²) in [5.74, 6) is 0.00741. The molecule has 0 aliphatic carbocycles. The summed E-state index contributed by atoms with van der Waals surface area (Å²) in [4.78, 5) is 25.8. The molecule has 2 amide bonds. The zero-order valence-corrected chi connectivity index (χ0v) is 16.1. The normalized spacial score (nSPS) is 9.85. The number of hydrogen-bond donors (Lipinski definition) is 2. The Labute approximate surface area is 159 Å². The van der Waals surface area contributed by atoms with E-state index < -0.39 is 0 Å². The first-order valence-corrected chi connectivity index (χ1v) is 7.89. The maximum Gasteiger partial charge on any atom is 0.259 e. The molecule has 140 valence electrons. The number of nitrogens with one attached hydrogen (secondary N) is 1. The van der Waals surface area contributed by atoms with Gasteiger partial charge in [0.2, 0.25) is 0 Å². The van der Waals surface area contributed by atoms with Crippen LogP contribution in [0.5, 0.6) is 5.75 Å². The van der Waals surface area contributed by atoms with E-state index in [2.05, 4.69) is 5.32 Å². The molecule has 0 saturated carbocycles. The number of amides is 2. The molecule has 26 heavy (non-hydrogen) atoms. The first kappa shape index (κ1) is 21.3. The minimum atomic E-state index is -0.280. The van der Waals surface area contributed by atoms with E-state index in [0.717, 1.165) is 11.1 Å². The molecule has 0 fully saturated rings. The second-order valence-electron chi connectivity index (χ2n) is 6.10. The predicted octanol–water partition coefficient (Wildman–Crippen LogP) is 3.03. The highest BCUT2D eigenvalue weighted by molar-refractivity contribution is 6.06. The average molecular weight is 378 g/mol. The molecular weight excluding hydrogens is 354 g/mol. The van der Waals surface area contributed by atoms with Gasteiger partial charge in [0.15, 0.2) is 6.61 Å². The van der Waals surface area contributed by atoms with Crippen LogP contribution in [0.2, 0.25) is 0 Å². The standard InChI is InChI=1S/C19H23N3O3.ClH/c1-12-5-8-16(17(9-12)25-11-18(23)22(3)4)21-19(24)15-10-14(20)7-6-13(15)2;/h5-10H,11,20H2,1-4H3,(H,21,24);1H. The molecule has 0 aliphatic rings. The predicted molar refractivity (Wildman–Crippen MR) is 106 cm³/mol. The van der Waals surface area contributed by atoms with Crippen molar-refractivity contribution in [3.63, 3.8) is 0 Å². The van der Waals surface area contributed by atoms with Crippen molar-refractivity contribution < 1.29 is 14.3 Å². The van der Waals surface area contributed by atoms with Crippen LogP contribution in [-0.2, 0) is 4.79 Å². The summed E-state index contributed by atoms with van der Waals surface area (Å²) in [5.41, 5.74) is 9.08. The molecule has 0 aromatic heterocycles. The molecule has 0 heterocycles. The molecule has 0 atom stereocenters. The summed E-state index contributed by atoms with van der Waals surface area (Å²) < 4.78 is 5.60. The van der Waals surface area contributed by atoms with Gasteiger partial charge in [-0.05, 0) is 49.2 Å². The SMILES string of the molecule is Cc1ccc(NC(=O)c2cc(N)ccc2C)c(OCC(=O)N(C)C)c1.Cl. The van der Waals surface area contributed by atoms with Gasteiger partial charge in [-0.25, -0.2) is 0 Å². The Balaban J connectivity index is 0.00000338. The summed E-state index contributed by atoms with van der Waals surface area (Å²) in [6.07, 6.45) is 0. The lowest BCUT2D eigenvalue weighted by atomic mass is 10.1. The van der Waals surface area contributed by atoms with Crippen molar-refractivity contribution in [2.24, 2.45) is 0 Å². The number of likely N-dealkylation sites (N-methyl/N-ethyl adjacent to an activating group) is 1. The number of carbonyl (C=O) groups is 2. The van der Waals surface area contributed by atoms with Crippen LogP contribution < -0.4 is 15.8 Å². The number of nitrogens with zero attached hydrogens (tertiary/aromatic N) is 1. The summed E-state index contributed by atoms with van der Waals surface area (Å²) in [6.45, 7) is 3.65. The highest BCUT2D eigenvalue weighted by Crippen LogP contribution is 2.27. The van der Waals surface area contributed by atoms with Crippen molar-refractivity contribution in [3.8, 4) is 5.75 Å². The fourth-order valence-electron chi connectivity index (χ4n) is 2.19. The van der Waals surface area contributed by atoms with Gasteiger partial charge < -0.3 is 20.7 Å². The molecule has 0 bridgehead atoms. The van der Waals surface area contributed by atoms with Crippen LogP contribution in [0, 0.1) is 13.8 Å². The van der Waals surface area contributed by atoms with Crippen molar-refractivity contribution in [2.45, 2.75) is 13.8 Å². The lowest BCUT2D eigenvalue weighted by Crippen LogP contribution is -2.27. The molecule has 0 saturated heterocycles. The Morgan fingerprint density at radius 3 is 2.46 bits per heavy atom. The summed E-state index contributed by atoms with van der Waals surface area (Å²) in [6, 6.07) is 10.6. The molecule has 2 rings (SSSR count). The van der Waals surface area contributed by atoms with Gasteiger partial charge in [-0.2, -0.15) is 0 Å². The van der Waals surface area contributed by atoms with E-state index in [1.54, 1.807) is 44.4 Å². The zero-order valence-electron chi connectivity index (χ0n) is 15.3. The lowest BCUT2D eigenvalue weighted by Gasteiger charge is -2.16. The van der Waals surface area contributed by atoms with E-state index in [1.807, 2.05) is 19.9 Å². The zero-order chi connectivity index (χ0) is 18.6. The average Bonchev–Trinajstić information content (AvgIpc) is 2.56. The molecule has 2 aromatic rings. The molecule has 0 unspecified atom stereocenters. The number of carbonyl (C=O) groups excluding carboxylic acids is 2. The van der Waals surface area contributed by atoms with E-state index >= 15 is 0 Å². The molecule has 7 heteroatoms. The lowest BCUT2D eigenvalue weighted by molar-refractivity contribution is -0.130. The minimum Gasteiger partial charge on any atom is -0.482 e. The third-order valence-electron chi connectivity index (χ3n) is 3.74. The highest BCUT2D eigenvalue weighted by Gasteiger charge is 2.14. The summed E-state index contributed by atoms with van der Waals surface area (Å²) in [7, 11) is 3.32. The second-order valence-corrected chi connectivity index (χ2v) is 6.10. The summed E-state index contributed by atoms with van der Waals surface area (Å²) in [5, 5.41) is 2.83. The number of rotatable bonds is 5. The largest absolute Gasteiger partial charge is 0.482 e. The Morgan fingerprint density at radius 1 is 1.12 bits per heavy atom. The molecule has 3 N–H and O–H groups in total. The maximum atomic E-state index is 12.6. The number of halogens is 1. The third kappa shape index (κ3) is 5.39. The first-order valence-electron chi connectivity index (χ1n) is 7.89. The van der Waals surface area contributed by atoms with E-state index in [1.165, 1.54) is 4.90 Å². The number of aryl methyl sites for hydroxylation is 2. The van der Waals surface area contributed by atoms with Gasteiger partial charge in [0.1, 0.15) is 5.75 Å². The Kier molecular flexibility index (Phi) is 7.46.